The van der Waals surface area contributed by atoms with Crippen LogP contribution in [0.4, 0.5) is 0 Å². The zero-order valence-corrected chi connectivity index (χ0v) is 10.1. The van der Waals surface area contributed by atoms with Gasteiger partial charge in [0.2, 0.25) is 5.91 Å². The van der Waals surface area contributed by atoms with Gasteiger partial charge in [0.1, 0.15) is 0 Å². The van der Waals surface area contributed by atoms with Gasteiger partial charge in [-0.05, 0) is 5.56 Å². The minimum atomic E-state index is -0.967. The molecule has 98 valence electrons. The average Bonchev–Trinajstić information content (AvgIpc) is 2.37. The van der Waals surface area contributed by atoms with E-state index in [1.54, 1.807) is 0 Å². The lowest BCUT2D eigenvalue weighted by atomic mass is 10.2. The first-order valence-electron chi connectivity index (χ1n) is 5.78. The summed E-state index contributed by atoms with van der Waals surface area (Å²) in [5.74, 6) is -1.23. The van der Waals surface area contributed by atoms with Gasteiger partial charge >= 0.3 is 5.97 Å². The van der Waals surface area contributed by atoms with Crippen LogP contribution in [0.15, 0.2) is 30.3 Å². The summed E-state index contributed by atoms with van der Waals surface area (Å²) in [5, 5.41) is 11.0. The summed E-state index contributed by atoms with van der Waals surface area (Å²) < 4.78 is 5.36. The molecule has 0 atom stereocenters. The molecule has 0 saturated carbocycles. The normalized spacial score (nSPS) is 10.0. The number of hydrogen-bond acceptors (Lipinski definition) is 3. The highest BCUT2D eigenvalue weighted by Crippen LogP contribution is 1.99. The van der Waals surface area contributed by atoms with Crippen LogP contribution in [0.3, 0.4) is 0 Å². The molecule has 0 aliphatic carbocycles. The van der Waals surface area contributed by atoms with Crippen molar-refractivity contribution in [1.82, 2.24) is 5.32 Å². The summed E-state index contributed by atoms with van der Waals surface area (Å²) in [4.78, 5) is 21.4. The Morgan fingerprint density at radius 1 is 1.17 bits per heavy atom. The number of nitrogens with one attached hydrogen (secondary N) is 1. The molecule has 0 aromatic heterocycles. The van der Waals surface area contributed by atoms with Gasteiger partial charge in [0, 0.05) is 13.0 Å². The lowest BCUT2D eigenvalue weighted by Gasteiger charge is -2.06. The third-order valence-corrected chi connectivity index (χ3v) is 2.25. The molecule has 0 saturated heterocycles. The zero-order valence-electron chi connectivity index (χ0n) is 10.1. The summed E-state index contributed by atoms with van der Waals surface area (Å²) in [5.41, 5.74) is 1.08. The highest BCUT2D eigenvalue weighted by Gasteiger charge is 2.04. The summed E-state index contributed by atoms with van der Waals surface area (Å²) in [6, 6.07) is 9.74. The van der Waals surface area contributed by atoms with Crippen LogP contribution < -0.4 is 5.32 Å². The fourth-order valence-electron chi connectivity index (χ4n) is 1.34. The molecule has 0 aliphatic heterocycles. The van der Waals surface area contributed by atoms with E-state index in [4.69, 9.17) is 9.84 Å². The largest absolute Gasteiger partial charge is 0.481 e. The van der Waals surface area contributed by atoms with E-state index in [9.17, 15) is 9.59 Å². The minimum Gasteiger partial charge on any atom is -0.481 e. The molecule has 1 aromatic carbocycles. The van der Waals surface area contributed by atoms with Crippen molar-refractivity contribution in [2.45, 2.75) is 19.4 Å². The van der Waals surface area contributed by atoms with E-state index in [0.29, 0.717) is 19.8 Å². The van der Waals surface area contributed by atoms with Gasteiger partial charge in [0.25, 0.3) is 0 Å². The summed E-state index contributed by atoms with van der Waals surface area (Å²) in [6.07, 6.45) is -0.134. The number of carbonyl (C=O) groups excluding carboxylic acids is 1. The standard InChI is InChI=1S/C13H17NO4/c15-12(6-7-13(16)17)14-8-9-18-10-11-4-2-1-3-5-11/h1-5H,6-10H2,(H,14,15)(H,16,17). The molecule has 0 fully saturated rings. The lowest BCUT2D eigenvalue weighted by Crippen LogP contribution is -2.27. The van der Waals surface area contributed by atoms with Crippen LogP contribution in [-0.4, -0.2) is 30.1 Å². The molecule has 0 unspecified atom stereocenters. The van der Waals surface area contributed by atoms with Crippen LogP contribution in [0.25, 0.3) is 0 Å². The van der Waals surface area contributed by atoms with Gasteiger partial charge in [-0.2, -0.15) is 0 Å². The van der Waals surface area contributed by atoms with E-state index in [1.165, 1.54) is 0 Å². The number of carbonyl (C=O) groups is 2. The molecule has 0 heterocycles. The fraction of sp³-hybridized carbons (Fsp3) is 0.385. The highest BCUT2D eigenvalue weighted by molar-refractivity contribution is 5.80. The van der Waals surface area contributed by atoms with Crippen LogP contribution in [0.1, 0.15) is 18.4 Å². The molecule has 0 aliphatic rings. The molecule has 2 N–H and O–H groups in total. The Labute approximate surface area is 106 Å². The Bertz CT molecular complexity index is 378. The van der Waals surface area contributed by atoms with Crippen molar-refractivity contribution in [3.63, 3.8) is 0 Å². The number of carboxylic acids is 1. The minimum absolute atomic E-state index is 0.00795. The van der Waals surface area contributed by atoms with Crippen LogP contribution in [0.2, 0.25) is 0 Å². The van der Waals surface area contributed by atoms with Crippen molar-refractivity contribution < 1.29 is 19.4 Å². The van der Waals surface area contributed by atoms with Crippen LogP contribution in [-0.2, 0) is 20.9 Å². The molecule has 0 spiro atoms. The van der Waals surface area contributed by atoms with Crippen molar-refractivity contribution in [3.05, 3.63) is 35.9 Å². The van der Waals surface area contributed by atoms with Crippen molar-refractivity contribution in [3.8, 4) is 0 Å². The first-order chi connectivity index (χ1) is 8.68. The van der Waals surface area contributed by atoms with Gasteiger partial charge < -0.3 is 15.2 Å². The number of aliphatic carboxylic acids is 1. The maximum atomic E-state index is 11.2. The van der Waals surface area contributed by atoms with E-state index in [2.05, 4.69) is 5.32 Å². The molecule has 1 amide bonds. The lowest BCUT2D eigenvalue weighted by molar-refractivity contribution is -0.138. The van der Waals surface area contributed by atoms with E-state index in [1.807, 2.05) is 30.3 Å². The quantitative estimate of drug-likeness (QED) is 0.680. The molecular weight excluding hydrogens is 234 g/mol. The van der Waals surface area contributed by atoms with E-state index in [-0.39, 0.29) is 18.7 Å². The zero-order chi connectivity index (χ0) is 13.2. The first kappa shape index (κ1) is 14.2. The van der Waals surface area contributed by atoms with Crippen LogP contribution in [0, 0.1) is 0 Å². The number of carboxylic acid groups (broad SMARTS) is 1. The van der Waals surface area contributed by atoms with Crippen molar-refractivity contribution in [1.29, 1.82) is 0 Å². The molecular formula is C13H17NO4. The first-order valence-corrected chi connectivity index (χ1v) is 5.78. The van der Waals surface area contributed by atoms with Crippen LogP contribution in [0.5, 0.6) is 0 Å². The predicted octanol–water partition coefficient (Wildman–Crippen LogP) is 1.18. The molecule has 5 nitrogen and oxygen atoms in total. The molecule has 18 heavy (non-hydrogen) atoms. The third-order valence-electron chi connectivity index (χ3n) is 2.25. The smallest absolute Gasteiger partial charge is 0.303 e. The number of benzene rings is 1. The van der Waals surface area contributed by atoms with Crippen molar-refractivity contribution in [2.24, 2.45) is 0 Å². The second-order valence-corrected chi connectivity index (χ2v) is 3.78. The Balaban J connectivity index is 2.02. The van der Waals surface area contributed by atoms with E-state index >= 15 is 0 Å². The second-order valence-electron chi connectivity index (χ2n) is 3.78. The SMILES string of the molecule is O=C(O)CCC(=O)NCCOCc1ccccc1. The van der Waals surface area contributed by atoms with Gasteiger partial charge in [-0.3, -0.25) is 9.59 Å². The van der Waals surface area contributed by atoms with Gasteiger partial charge in [-0.25, -0.2) is 0 Å². The summed E-state index contributed by atoms with van der Waals surface area (Å²) in [7, 11) is 0. The van der Waals surface area contributed by atoms with E-state index in [0.717, 1.165) is 5.56 Å². The average molecular weight is 251 g/mol. The summed E-state index contributed by atoms with van der Waals surface area (Å²) >= 11 is 0. The maximum absolute atomic E-state index is 11.2. The predicted molar refractivity (Wildman–Crippen MR) is 66.0 cm³/mol. The van der Waals surface area contributed by atoms with Crippen molar-refractivity contribution >= 4 is 11.9 Å². The van der Waals surface area contributed by atoms with E-state index < -0.39 is 5.97 Å². The number of ether oxygens (including phenoxy) is 1. The molecule has 1 rings (SSSR count). The van der Waals surface area contributed by atoms with Gasteiger partial charge in [0.05, 0.1) is 19.6 Å². The fourth-order valence-corrected chi connectivity index (χ4v) is 1.34. The molecule has 1 aromatic rings. The maximum Gasteiger partial charge on any atom is 0.303 e. The third kappa shape index (κ3) is 6.65. The Hall–Kier alpha value is -1.88. The van der Waals surface area contributed by atoms with Gasteiger partial charge in [0.15, 0.2) is 0 Å². The molecule has 0 radical (unpaired) electrons. The van der Waals surface area contributed by atoms with Gasteiger partial charge in [-0.15, -0.1) is 0 Å². The van der Waals surface area contributed by atoms with Crippen molar-refractivity contribution in [2.75, 3.05) is 13.2 Å². The monoisotopic (exact) mass is 251 g/mol. The molecule has 5 heteroatoms. The van der Waals surface area contributed by atoms with Crippen LogP contribution >= 0.6 is 0 Å². The summed E-state index contributed by atoms with van der Waals surface area (Å²) in [6.45, 7) is 1.31. The number of amides is 1. The second kappa shape index (κ2) is 8.25. The topological polar surface area (TPSA) is 75.6 Å². The van der Waals surface area contributed by atoms with Gasteiger partial charge in [-0.1, -0.05) is 30.3 Å². The Kier molecular flexibility index (Phi) is 6.50. The molecule has 0 bridgehead atoms. The number of rotatable bonds is 8. The Morgan fingerprint density at radius 2 is 1.89 bits per heavy atom. The highest BCUT2D eigenvalue weighted by atomic mass is 16.5. The Morgan fingerprint density at radius 3 is 2.56 bits per heavy atom. The number of hydrogen-bond donors (Lipinski definition) is 2.